The predicted octanol–water partition coefficient (Wildman–Crippen LogP) is 3.94. The van der Waals surface area contributed by atoms with Gasteiger partial charge < -0.3 is 14.5 Å². The van der Waals surface area contributed by atoms with E-state index in [1.165, 1.54) is 11.1 Å². The molecule has 174 valence electrons. The molecule has 2 aliphatic rings. The SMILES string of the molecule is CN1CCN(Cc2ccc(-c3cn[nH]c3[C@@H]3CCCN(C(=O)OC(C)(C)C)C3)cc2)CC1. The van der Waals surface area contributed by atoms with Gasteiger partial charge in [0.15, 0.2) is 0 Å². The number of piperidine rings is 1. The van der Waals surface area contributed by atoms with E-state index in [9.17, 15) is 4.79 Å². The van der Waals surface area contributed by atoms with Crippen LogP contribution in [-0.4, -0.2) is 82.9 Å². The number of benzene rings is 1. The molecule has 0 spiro atoms. The molecule has 0 saturated carbocycles. The molecule has 0 unspecified atom stereocenters. The van der Waals surface area contributed by atoms with Gasteiger partial charge in [0.05, 0.1) is 6.20 Å². The molecule has 2 saturated heterocycles. The lowest BCUT2D eigenvalue weighted by Crippen LogP contribution is -2.43. The third-order valence-corrected chi connectivity index (χ3v) is 6.42. The first-order chi connectivity index (χ1) is 15.3. The molecule has 1 N–H and O–H groups in total. The number of likely N-dealkylation sites (tertiary alicyclic amines) is 1. The van der Waals surface area contributed by atoms with Crippen molar-refractivity contribution in [2.45, 2.75) is 51.7 Å². The number of carbonyl (C=O) groups excluding carboxylic acids is 1. The maximum absolute atomic E-state index is 12.6. The number of piperazine rings is 1. The van der Waals surface area contributed by atoms with E-state index in [4.69, 9.17) is 4.74 Å². The van der Waals surface area contributed by atoms with Crippen molar-refractivity contribution in [2.24, 2.45) is 0 Å². The molecule has 1 atom stereocenters. The van der Waals surface area contributed by atoms with E-state index in [1.807, 2.05) is 31.9 Å². The summed E-state index contributed by atoms with van der Waals surface area (Å²) in [6, 6.07) is 8.87. The van der Waals surface area contributed by atoms with E-state index in [1.54, 1.807) is 0 Å². The fourth-order valence-corrected chi connectivity index (χ4v) is 4.60. The average Bonchev–Trinajstić information content (AvgIpc) is 3.25. The van der Waals surface area contributed by atoms with Crippen LogP contribution in [0.1, 0.15) is 50.8 Å². The quantitative estimate of drug-likeness (QED) is 0.782. The van der Waals surface area contributed by atoms with E-state index < -0.39 is 5.60 Å². The number of nitrogens with zero attached hydrogens (tertiary/aromatic N) is 4. The smallest absolute Gasteiger partial charge is 0.410 e. The summed E-state index contributed by atoms with van der Waals surface area (Å²) < 4.78 is 5.59. The number of hydrogen-bond donors (Lipinski definition) is 1. The number of H-pyrrole nitrogens is 1. The zero-order valence-electron chi connectivity index (χ0n) is 19.9. The molecule has 7 heteroatoms. The number of rotatable bonds is 4. The molecule has 1 amide bonds. The van der Waals surface area contributed by atoms with Crippen LogP contribution in [0.15, 0.2) is 30.5 Å². The Morgan fingerprint density at radius 3 is 2.53 bits per heavy atom. The lowest BCUT2D eigenvalue weighted by atomic mass is 9.90. The van der Waals surface area contributed by atoms with E-state index >= 15 is 0 Å². The number of amides is 1. The monoisotopic (exact) mass is 439 g/mol. The molecule has 1 aromatic carbocycles. The topological polar surface area (TPSA) is 64.7 Å². The standard InChI is InChI=1S/C25H37N5O2/c1-25(2,3)32-24(31)30-11-5-6-21(18-30)23-22(16-26-27-23)20-9-7-19(8-10-20)17-29-14-12-28(4)13-15-29/h7-10,16,21H,5-6,11-15,17-18H2,1-4H3,(H,26,27)/t21-/m1/s1. The Kier molecular flexibility index (Phi) is 6.86. The Bertz CT molecular complexity index is 894. The van der Waals surface area contributed by atoms with Crippen molar-refractivity contribution < 1.29 is 9.53 Å². The van der Waals surface area contributed by atoms with Gasteiger partial charge in [-0.2, -0.15) is 5.10 Å². The highest BCUT2D eigenvalue weighted by atomic mass is 16.6. The summed E-state index contributed by atoms with van der Waals surface area (Å²) in [5.41, 5.74) is 4.29. The van der Waals surface area contributed by atoms with Crippen LogP contribution in [0.3, 0.4) is 0 Å². The summed E-state index contributed by atoms with van der Waals surface area (Å²) >= 11 is 0. The summed E-state index contributed by atoms with van der Waals surface area (Å²) in [5, 5.41) is 7.58. The summed E-state index contributed by atoms with van der Waals surface area (Å²) in [7, 11) is 2.19. The molecule has 2 aliphatic heterocycles. The second-order valence-corrected chi connectivity index (χ2v) is 10.2. The molecular weight excluding hydrogens is 402 g/mol. The van der Waals surface area contributed by atoms with Crippen molar-refractivity contribution in [3.05, 3.63) is 41.7 Å². The minimum Gasteiger partial charge on any atom is -0.444 e. The van der Waals surface area contributed by atoms with Crippen molar-refractivity contribution in [2.75, 3.05) is 46.3 Å². The molecule has 2 aromatic rings. The third-order valence-electron chi connectivity index (χ3n) is 6.42. The second kappa shape index (κ2) is 9.63. The Balaban J connectivity index is 1.42. The van der Waals surface area contributed by atoms with Crippen molar-refractivity contribution in [1.29, 1.82) is 0 Å². The Morgan fingerprint density at radius 1 is 1.12 bits per heavy atom. The first-order valence-corrected chi connectivity index (χ1v) is 11.8. The molecule has 7 nitrogen and oxygen atoms in total. The highest BCUT2D eigenvalue weighted by Gasteiger charge is 2.30. The van der Waals surface area contributed by atoms with Crippen molar-refractivity contribution in [3.63, 3.8) is 0 Å². The minimum absolute atomic E-state index is 0.225. The number of carbonyl (C=O) groups is 1. The van der Waals surface area contributed by atoms with Gasteiger partial charge in [-0.3, -0.25) is 10.00 Å². The van der Waals surface area contributed by atoms with Crippen LogP contribution in [0, 0.1) is 0 Å². The highest BCUT2D eigenvalue weighted by Crippen LogP contribution is 2.33. The minimum atomic E-state index is -0.477. The van der Waals surface area contributed by atoms with Crippen molar-refractivity contribution in [1.82, 2.24) is 24.9 Å². The summed E-state index contributed by atoms with van der Waals surface area (Å²) in [6.07, 6.45) is 3.69. The molecule has 3 heterocycles. The van der Waals surface area contributed by atoms with Crippen LogP contribution in [-0.2, 0) is 11.3 Å². The van der Waals surface area contributed by atoms with Crippen molar-refractivity contribution >= 4 is 6.09 Å². The molecule has 32 heavy (non-hydrogen) atoms. The van der Waals surface area contributed by atoms with Gasteiger partial charge in [0.2, 0.25) is 0 Å². The molecular formula is C25H37N5O2. The van der Waals surface area contributed by atoms with Gasteiger partial charge in [0.25, 0.3) is 0 Å². The summed E-state index contributed by atoms with van der Waals surface area (Å²) in [5.74, 6) is 0.235. The van der Waals surface area contributed by atoms with Gasteiger partial charge in [-0.05, 0) is 51.8 Å². The predicted molar refractivity (Wildman–Crippen MR) is 127 cm³/mol. The summed E-state index contributed by atoms with van der Waals surface area (Å²) in [6.45, 7) is 12.7. The molecule has 2 fully saturated rings. The van der Waals surface area contributed by atoms with Crippen LogP contribution < -0.4 is 0 Å². The van der Waals surface area contributed by atoms with Crippen LogP contribution >= 0.6 is 0 Å². The van der Waals surface area contributed by atoms with Crippen LogP contribution in [0.2, 0.25) is 0 Å². The van der Waals surface area contributed by atoms with Gasteiger partial charge in [-0.15, -0.1) is 0 Å². The maximum atomic E-state index is 12.6. The molecule has 0 bridgehead atoms. The number of nitrogens with one attached hydrogen (secondary N) is 1. The molecule has 4 rings (SSSR count). The first-order valence-electron chi connectivity index (χ1n) is 11.8. The van der Waals surface area contributed by atoms with Crippen molar-refractivity contribution in [3.8, 4) is 11.1 Å². The van der Waals surface area contributed by atoms with Gasteiger partial charge in [0, 0.05) is 63.0 Å². The average molecular weight is 440 g/mol. The fourth-order valence-electron chi connectivity index (χ4n) is 4.60. The number of aromatic amines is 1. The molecule has 0 radical (unpaired) electrons. The normalized spacial score (nSPS) is 21.0. The number of likely N-dealkylation sites (N-methyl/N-ethyl adjacent to an activating group) is 1. The third kappa shape index (κ3) is 5.70. The fraction of sp³-hybridized carbons (Fsp3) is 0.600. The van der Waals surface area contributed by atoms with E-state index in [0.29, 0.717) is 6.54 Å². The number of aromatic nitrogens is 2. The van der Waals surface area contributed by atoms with Gasteiger partial charge in [-0.1, -0.05) is 24.3 Å². The lowest BCUT2D eigenvalue weighted by Gasteiger charge is -2.34. The highest BCUT2D eigenvalue weighted by molar-refractivity contribution is 5.69. The maximum Gasteiger partial charge on any atom is 0.410 e. The van der Waals surface area contributed by atoms with Crippen LogP contribution in [0.5, 0.6) is 0 Å². The van der Waals surface area contributed by atoms with E-state index in [0.717, 1.165) is 63.4 Å². The van der Waals surface area contributed by atoms with Crippen LogP contribution in [0.4, 0.5) is 4.79 Å². The van der Waals surface area contributed by atoms with Gasteiger partial charge in [-0.25, -0.2) is 4.79 Å². The number of ether oxygens (including phenoxy) is 1. The summed E-state index contributed by atoms with van der Waals surface area (Å²) in [4.78, 5) is 19.3. The molecule has 0 aliphatic carbocycles. The Morgan fingerprint density at radius 2 is 1.84 bits per heavy atom. The Hall–Kier alpha value is -2.38. The van der Waals surface area contributed by atoms with Gasteiger partial charge in [0.1, 0.15) is 5.60 Å². The van der Waals surface area contributed by atoms with E-state index in [2.05, 4.69) is 51.3 Å². The van der Waals surface area contributed by atoms with E-state index in [-0.39, 0.29) is 12.0 Å². The lowest BCUT2D eigenvalue weighted by molar-refractivity contribution is 0.0197. The first kappa shape index (κ1) is 22.8. The largest absolute Gasteiger partial charge is 0.444 e. The van der Waals surface area contributed by atoms with Crippen LogP contribution in [0.25, 0.3) is 11.1 Å². The molecule has 1 aromatic heterocycles. The second-order valence-electron chi connectivity index (χ2n) is 10.2. The zero-order chi connectivity index (χ0) is 22.7. The Labute approximate surface area is 191 Å². The zero-order valence-corrected chi connectivity index (χ0v) is 19.9. The van der Waals surface area contributed by atoms with Gasteiger partial charge >= 0.3 is 6.09 Å². The number of hydrogen-bond acceptors (Lipinski definition) is 5.